The van der Waals surface area contributed by atoms with Crippen LogP contribution in [0.15, 0.2) is 76.1 Å². The van der Waals surface area contributed by atoms with Gasteiger partial charge in [0.2, 0.25) is 5.89 Å². The van der Waals surface area contributed by atoms with Crippen molar-refractivity contribution < 1.29 is 4.42 Å². The van der Waals surface area contributed by atoms with E-state index < -0.39 is 0 Å². The van der Waals surface area contributed by atoms with Crippen LogP contribution in [0.1, 0.15) is 0 Å². The molecule has 0 aliphatic rings. The fraction of sp³-hybridized carbons (Fsp3) is 0. The van der Waals surface area contributed by atoms with Gasteiger partial charge in [0.25, 0.3) is 5.56 Å². The maximum absolute atomic E-state index is 11.3. The molecule has 0 bridgehead atoms. The van der Waals surface area contributed by atoms with Gasteiger partial charge in [0.15, 0.2) is 0 Å². The van der Waals surface area contributed by atoms with E-state index in [0.29, 0.717) is 5.89 Å². The summed E-state index contributed by atoms with van der Waals surface area (Å²) in [6, 6.07) is 19.0. The maximum atomic E-state index is 11.3. The molecule has 0 radical (unpaired) electrons. The SMILES string of the molecule is O=c1ccoc(-c2ccccc2-c2ccccc2)n1. The van der Waals surface area contributed by atoms with Gasteiger partial charge in [-0.05, 0) is 17.2 Å². The molecule has 0 aliphatic carbocycles. The van der Waals surface area contributed by atoms with E-state index in [1.807, 2.05) is 54.6 Å². The van der Waals surface area contributed by atoms with Crippen LogP contribution in [-0.4, -0.2) is 4.98 Å². The Balaban J connectivity index is 2.21. The molecular weight excluding hydrogens is 238 g/mol. The quantitative estimate of drug-likeness (QED) is 0.699. The second kappa shape index (κ2) is 4.90. The lowest BCUT2D eigenvalue weighted by Gasteiger charge is -2.07. The van der Waals surface area contributed by atoms with Crippen molar-refractivity contribution in [1.29, 1.82) is 0 Å². The lowest BCUT2D eigenvalue weighted by Crippen LogP contribution is -2.03. The van der Waals surface area contributed by atoms with Gasteiger partial charge < -0.3 is 4.42 Å². The van der Waals surface area contributed by atoms with Crippen LogP contribution in [0.2, 0.25) is 0 Å². The Labute approximate surface area is 110 Å². The first-order valence-electron chi connectivity index (χ1n) is 5.95. The fourth-order valence-electron chi connectivity index (χ4n) is 1.98. The van der Waals surface area contributed by atoms with Gasteiger partial charge in [-0.3, -0.25) is 4.79 Å². The number of benzene rings is 2. The van der Waals surface area contributed by atoms with Crippen molar-refractivity contribution in [2.45, 2.75) is 0 Å². The topological polar surface area (TPSA) is 43.1 Å². The van der Waals surface area contributed by atoms with Crippen LogP contribution in [0.25, 0.3) is 22.6 Å². The number of hydrogen-bond acceptors (Lipinski definition) is 3. The van der Waals surface area contributed by atoms with Gasteiger partial charge in [-0.1, -0.05) is 48.5 Å². The highest BCUT2D eigenvalue weighted by Gasteiger charge is 2.09. The predicted octanol–water partition coefficient (Wildman–Crippen LogP) is 3.37. The molecule has 1 aromatic heterocycles. The minimum absolute atomic E-state index is 0.302. The highest BCUT2D eigenvalue weighted by atomic mass is 16.3. The summed E-state index contributed by atoms with van der Waals surface area (Å²) in [7, 11) is 0. The summed E-state index contributed by atoms with van der Waals surface area (Å²) in [6.45, 7) is 0. The molecule has 0 atom stereocenters. The Bertz CT molecular complexity index is 748. The summed E-state index contributed by atoms with van der Waals surface area (Å²) in [5, 5.41) is 0. The zero-order chi connectivity index (χ0) is 13.1. The van der Waals surface area contributed by atoms with E-state index in [4.69, 9.17) is 4.42 Å². The first kappa shape index (κ1) is 11.4. The number of rotatable bonds is 2. The number of nitrogens with zero attached hydrogens (tertiary/aromatic N) is 1. The van der Waals surface area contributed by atoms with Gasteiger partial charge in [0, 0.05) is 11.6 Å². The van der Waals surface area contributed by atoms with Crippen molar-refractivity contribution in [3.63, 3.8) is 0 Å². The molecule has 19 heavy (non-hydrogen) atoms. The molecule has 0 saturated carbocycles. The second-order valence-electron chi connectivity index (χ2n) is 4.09. The van der Waals surface area contributed by atoms with Crippen molar-refractivity contribution in [2.24, 2.45) is 0 Å². The van der Waals surface area contributed by atoms with Crippen molar-refractivity contribution in [3.05, 3.63) is 77.3 Å². The van der Waals surface area contributed by atoms with Crippen LogP contribution in [0.5, 0.6) is 0 Å². The van der Waals surface area contributed by atoms with Gasteiger partial charge in [0.1, 0.15) is 0 Å². The first-order chi connectivity index (χ1) is 9.34. The standard InChI is InChI=1S/C16H11NO2/c18-15-10-11-19-16(17-15)14-9-5-4-8-13(14)12-6-2-1-3-7-12/h1-11H. The normalized spacial score (nSPS) is 10.3. The minimum Gasteiger partial charge on any atom is -0.446 e. The number of hydrogen-bond donors (Lipinski definition) is 0. The maximum Gasteiger partial charge on any atom is 0.276 e. The third-order valence-corrected chi connectivity index (χ3v) is 2.84. The summed E-state index contributed by atoms with van der Waals surface area (Å²) in [4.78, 5) is 15.2. The summed E-state index contributed by atoms with van der Waals surface area (Å²) in [5.41, 5.74) is 2.56. The van der Waals surface area contributed by atoms with Crippen LogP contribution in [-0.2, 0) is 0 Å². The molecule has 0 amide bonds. The van der Waals surface area contributed by atoms with Crippen molar-refractivity contribution in [3.8, 4) is 22.6 Å². The molecule has 0 saturated heterocycles. The van der Waals surface area contributed by atoms with Gasteiger partial charge in [0.05, 0.1) is 6.26 Å². The minimum atomic E-state index is -0.302. The molecule has 3 heteroatoms. The smallest absolute Gasteiger partial charge is 0.276 e. The van der Waals surface area contributed by atoms with E-state index in [0.717, 1.165) is 16.7 Å². The highest BCUT2D eigenvalue weighted by Crippen LogP contribution is 2.29. The molecule has 2 aromatic carbocycles. The summed E-state index contributed by atoms with van der Waals surface area (Å²) in [6.07, 6.45) is 1.37. The van der Waals surface area contributed by atoms with E-state index in [9.17, 15) is 4.79 Å². The van der Waals surface area contributed by atoms with Crippen LogP contribution in [0, 0.1) is 0 Å². The summed E-state index contributed by atoms with van der Waals surface area (Å²) < 4.78 is 5.35. The van der Waals surface area contributed by atoms with E-state index in [2.05, 4.69) is 4.98 Å². The molecule has 0 N–H and O–H groups in total. The zero-order valence-electron chi connectivity index (χ0n) is 10.1. The molecule has 0 unspecified atom stereocenters. The Kier molecular flexibility index (Phi) is 2.94. The molecule has 0 spiro atoms. The Morgan fingerprint density at radius 1 is 0.789 bits per heavy atom. The third-order valence-electron chi connectivity index (χ3n) is 2.84. The van der Waals surface area contributed by atoms with E-state index >= 15 is 0 Å². The van der Waals surface area contributed by atoms with E-state index in [1.54, 1.807) is 0 Å². The molecule has 0 fully saturated rings. The Morgan fingerprint density at radius 3 is 2.21 bits per heavy atom. The zero-order valence-corrected chi connectivity index (χ0v) is 10.1. The monoisotopic (exact) mass is 249 g/mol. The van der Waals surface area contributed by atoms with Crippen LogP contribution in [0.3, 0.4) is 0 Å². The van der Waals surface area contributed by atoms with Crippen molar-refractivity contribution >= 4 is 0 Å². The second-order valence-corrected chi connectivity index (χ2v) is 4.09. The van der Waals surface area contributed by atoms with Gasteiger partial charge >= 0.3 is 0 Å². The Hall–Kier alpha value is -2.68. The molecule has 3 nitrogen and oxygen atoms in total. The highest BCUT2D eigenvalue weighted by molar-refractivity contribution is 5.79. The van der Waals surface area contributed by atoms with Crippen molar-refractivity contribution in [2.75, 3.05) is 0 Å². The third kappa shape index (κ3) is 2.31. The largest absolute Gasteiger partial charge is 0.446 e. The van der Waals surface area contributed by atoms with E-state index in [-0.39, 0.29) is 5.56 Å². The summed E-state index contributed by atoms with van der Waals surface area (Å²) >= 11 is 0. The Morgan fingerprint density at radius 2 is 1.47 bits per heavy atom. The van der Waals surface area contributed by atoms with Gasteiger partial charge in [-0.25, -0.2) is 0 Å². The average Bonchev–Trinajstić information content (AvgIpc) is 2.48. The number of aromatic nitrogens is 1. The van der Waals surface area contributed by atoms with E-state index in [1.165, 1.54) is 12.3 Å². The van der Waals surface area contributed by atoms with Crippen LogP contribution in [0.4, 0.5) is 0 Å². The molecular formula is C16H11NO2. The van der Waals surface area contributed by atoms with Crippen LogP contribution < -0.4 is 5.56 Å². The summed E-state index contributed by atoms with van der Waals surface area (Å²) in [5.74, 6) is 0.340. The molecule has 92 valence electrons. The predicted molar refractivity (Wildman–Crippen MR) is 73.6 cm³/mol. The van der Waals surface area contributed by atoms with Crippen LogP contribution >= 0.6 is 0 Å². The van der Waals surface area contributed by atoms with Gasteiger partial charge in [-0.15, -0.1) is 0 Å². The molecule has 3 aromatic rings. The molecule has 0 aliphatic heterocycles. The van der Waals surface area contributed by atoms with Crippen molar-refractivity contribution in [1.82, 2.24) is 4.98 Å². The lowest BCUT2D eigenvalue weighted by atomic mass is 10.00. The molecule has 1 heterocycles. The first-order valence-corrected chi connectivity index (χ1v) is 5.95. The molecule has 3 rings (SSSR count). The lowest BCUT2D eigenvalue weighted by molar-refractivity contribution is 0.542. The van der Waals surface area contributed by atoms with Gasteiger partial charge in [-0.2, -0.15) is 4.98 Å². The fourth-order valence-corrected chi connectivity index (χ4v) is 1.98. The average molecular weight is 249 g/mol.